The molecule has 4 rings (SSSR count). The van der Waals surface area contributed by atoms with Crippen molar-refractivity contribution in [3.05, 3.63) is 35.5 Å². The summed E-state index contributed by atoms with van der Waals surface area (Å²) in [4.78, 5) is 25.3. The Hall–Kier alpha value is -1.67. The Kier molecular flexibility index (Phi) is 9.09. The molecule has 0 atom stereocenters. The number of rotatable bonds is 6. The van der Waals surface area contributed by atoms with Gasteiger partial charge in [-0.05, 0) is 57.8 Å². The van der Waals surface area contributed by atoms with Gasteiger partial charge in [0.1, 0.15) is 6.54 Å². The fraction of sp³-hybridized carbons (Fsp3) is 0.476. The monoisotopic (exact) mass is 469 g/mol. The summed E-state index contributed by atoms with van der Waals surface area (Å²) in [6, 6.07) is 8.03. The highest BCUT2D eigenvalue weighted by Crippen LogP contribution is 2.30. The molecule has 0 bridgehead atoms. The number of thiazole rings is 1. The summed E-state index contributed by atoms with van der Waals surface area (Å²) in [6.07, 6.45) is 3.39. The number of hydrogen-bond acceptors (Lipinski definition) is 5. The van der Waals surface area contributed by atoms with Crippen molar-refractivity contribution in [1.29, 1.82) is 0 Å². The first-order valence-corrected chi connectivity index (χ1v) is 10.8. The van der Waals surface area contributed by atoms with E-state index in [4.69, 9.17) is 4.98 Å². The van der Waals surface area contributed by atoms with Crippen molar-refractivity contribution < 1.29 is 4.79 Å². The highest BCUT2D eigenvalue weighted by atomic mass is 35.5. The fourth-order valence-corrected chi connectivity index (χ4v) is 4.78. The molecule has 0 radical (unpaired) electrons. The fourth-order valence-electron chi connectivity index (χ4n) is 3.98. The summed E-state index contributed by atoms with van der Waals surface area (Å²) in [6.45, 7) is 5.09. The predicted octanol–water partition coefficient (Wildman–Crippen LogP) is 4.16. The summed E-state index contributed by atoms with van der Waals surface area (Å²) in [5, 5.41) is 3.22. The van der Waals surface area contributed by atoms with Gasteiger partial charge in [-0.25, -0.2) is 9.97 Å². The van der Waals surface area contributed by atoms with Gasteiger partial charge in [0.05, 0.1) is 27.1 Å². The number of imidazole rings is 1. The van der Waals surface area contributed by atoms with Crippen LogP contribution in [-0.4, -0.2) is 52.0 Å². The van der Waals surface area contributed by atoms with Crippen LogP contribution >= 0.6 is 36.2 Å². The second-order valence-electron chi connectivity index (χ2n) is 7.49. The first-order chi connectivity index (χ1) is 13.7. The largest absolute Gasteiger partial charge is 0.341 e. The zero-order valence-corrected chi connectivity index (χ0v) is 19.8. The number of hydrogen-bond donors (Lipinski definition) is 1. The van der Waals surface area contributed by atoms with Crippen LogP contribution in [0.2, 0.25) is 0 Å². The van der Waals surface area contributed by atoms with Crippen LogP contribution < -0.4 is 5.32 Å². The van der Waals surface area contributed by atoms with E-state index in [1.165, 1.54) is 6.42 Å². The molecule has 1 aliphatic rings. The van der Waals surface area contributed by atoms with E-state index in [1.807, 2.05) is 48.6 Å². The third kappa shape index (κ3) is 5.14. The lowest BCUT2D eigenvalue weighted by Crippen LogP contribution is -2.40. The van der Waals surface area contributed by atoms with Gasteiger partial charge in [0.2, 0.25) is 5.91 Å². The predicted molar refractivity (Wildman–Crippen MR) is 128 cm³/mol. The number of benzene rings is 1. The average molecular weight is 470 g/mol. The van der Waals surface area contributed by atoms with Gasteiger partial charge in [-0.15, -0.1) is 36.2 Å². The maximum Gasteiger partial charge on any atom is 0.242 e. The minimum atomic E-state index is 0. The summed E-state index contributed by atoms with van der Waals surface area (Å²) in [5.74, 6) is 1.75. The number of carbonyl (C=O) groups is 1. The number of carbonyl (C=O) groups excluding carboxylic acids is 1. The lowest BCUT2D eigenvalue weighted by molar-refractivity contribution is -0.133. The molecule has 2 aromatic heterocycles. The van der Waals surface area contributed by atoms with E-state index in [-0.39, 0.29) is 30.7 Å². The van der Waals surface area contributed by atoms with Crippen LogP contribution in [0.25, 0.3) is 21.7 Å². The highest BCUT2D eigenvalue weighted by molar-refractivity contribution is 7.13. The van der Waals surface area contributed by atoms with E-state index in [9.17, 15) is 4.79 Å². The summed E-state index contributed by atoms with van der Waals surface area (Å²) in [7, 11) is 2.00. The van der Waals surface area contributed by atoms with Crippen molar-refractivity contribution in [3.63, 3.8) is 0 Å². The van der Waals surface area contributed by atoms with Crippen LogP contribution in [-0.2, 0) is 11.3 Å². The molecule has 1 N–H and O–H groups in total. The molecule has 0 unspecified atom stereocenters. The highest BCUT2D eigenvalue weighted by Gasteiger charge is 2.24. The van der Waals surface area contributed by atoms with Crippen LogP contribution in [0.5, 0.6) is 0 Å². The topological polar surface area (TPSA) is 63.1 Å². The van der Waals surface area contributed by atoms with Crippen molar-refractivity contribution in [2.45, 2.75) is 32.7 Å². The minimum Gasteiger partial charge on any atom is -0.341 e. The van der Waals surface area contributed by atoms with Gasteiger partial charge in [-0.2, -0.15) is 0 Å². The smallest absolute Gasteiger partial charge is 0.242 e. The number of nitrogens with one attached hydrogen (secondary N) is 1. The van der Waals surface area contributed by atoms with E-state index in [0.29, 0.717) is 6.54 Å². The molecule has 3 aromatic rings. The quantitative estimate of drug-likeness (QED) is 0.588. The molecule has 9 heteroatoms. The molecular weight excluding hydrogens is 441 g/mol. The van der Waals surface area contributed by atoms with E-state index >= 15 is 0 Å². The molecule has 30 heavy (non-hydrogen) atoms. The van der Waals surface area contributed by atoms with Gasteiger partial charge in [-0.1, -0.05) is 12.1 Å². The standard InChI is InChI=1S/C21H27N5OS.2ClH/c1-15-20(28-14-23-15)21-24-17-5-3-4-6-18(17)26(21)13-19(27)25-11-8-16(9-12-25)7-10-22-2;;/h3-6,14,16,22H,7-13H2,1-2H3;2*1H. The number of aryl methyl sites for hydroxylation is 1. The lowest BCUT2D eigenvalue weighted by Gasteiger charge is -2.32. The van der Waals surface area contributed by atoms with Gasteiger partial charge in [0.15, 0.2) is 5.82 Å². The molecule has 1 fully saturated rings. The average Bonchev–Trinajstić information content (AvgIpc) is 3.30. The van der Waals surface area contributed by atoms with Gasteiger partial charge >= 0.3 is 0 Å². The van der Waals surface area contributed by atoms with E-state index < -0.39 is 0 Å². The van der Waals surface area contributed by atoms with E-state index in [2.05, 4.69) is 14.9 Å². The second-order valence-corrected chi connectivity index (χ2v) is 8.35. The Labute approximate surface area is 193 Å². The molecular formula is C21H29Cl2N5OS. The number of fused-ring (bicyclic) bond motifs is 1. The zero-order chi connectivity index (χ0) is 19.5. The van der Waals surface area contributed by atoms with Crippen molar-refractivity contribution in [3.8, 4) is 10.7 Å². The zero-order valence-electron chi connectivity index (χ0n) is 17.3. The van der Waals surface area contributed by atoms with Gasteiger partial charge in [0.25, 0.3) is 0 Å². The van der Waals surface area contributed by atoms with Crippen molar-refractivity contribution in [1.82, 2.24) is 24.8 Å². The Bertz CT molecular complexity index is 965. The van der Waals surface area contributed by atoms with Crippen LogP contribution in [0.1, 0.15) is 25.0 Å². The molecule has 0 aliphatic carbocycles. The van der Waals surface area contributed by atoms with Crippen LogP contribution in [0.15, 0.2) is 29.8 Å². The third-order valence-corrected chi connectivity index (χ3v) is 6.59. The maximum atomic E-state index is 13.1. The molecule has 0 saturated carbocycles. The molecule has 1 aromatic carbocycles. The molecule has 164 valence electrons. The van der Waals surface area contributed by atoms with Crippen LogP contribution in [0.3, 0.4) is 0 Å². The Morgan fingerprint density at radius 2 is 1.97 bits per heavy atom. The SMILES string of the molecule is CNCCC1CCN(C(=O)Cn2c(-c3scnc3C)nc3ccccc32)CC1.Cl.Cl. The Morgan fingerprint density at radius 3 is 2.63 bits per heavy atom. The number of likely N-dealkylation sites (tertiary alicyclic amines) is 1. The number of piperidine rings is 1. The van der Waals surface area contributed by atoms with Crippen molar-refractivity contribution in [2.24, 2.45) is 5.92 Å². The molecule has 1 amide bonds. The number of amides is 1. The van der Waals surface area contributed by atoms with Crippen molar-refractivity contribution >= 4 is 53.1 Å². The first-order valence-electron chi connectivity index (χ1n) is 9.95. The normalized spacial score (nSPS) is 14.4. The maximum absolute atomic E-state index is 13.1. The van der Waals surface area contributed by atoms with E-state index in [1.54, 1.807) is 11.3 Å². The van der Waals surface area contributed by atoms with E-state index in [0.717, 1.165) is 65.8 Å². The third-order valence-electron chi connectivity index (χ3n) is 5.67. The number of aromatic nitrogens is 3. The lowest BCUT2D eigenvalue weighted by atomic mass is 9.93. The number of para-hydroxylation sites is 2. The van der Waals surface area contributed by atoms with Crippen LogP contribution in [0.4, 0.5) is 0 Å². The Balaban J connectivity index is 0.00000160. The molecule has 6 nitrogen and oxygen atoms in total. The van der Waals surface area contributed by atoms with Gasteiger partial charge < -0.3 is 14.8 Å². The van der Waals surface area contributed by atoms with Gasteiger partial charge in [0, 0.05) is 13.1 Å². The second kappa shape index (κ2) is 11.1. The van der Waals surface area contributed by atoms with Gasteiger partial charge in [-0.3, -0.25) is 4.79 Å². The first kappa shape index (κ1) is 24.6. The summed E-state index contributed by atoms with van der Waals surface area (Å²) >= 11 is 1.58. The minimum absolute atomic E-state index is 0. The molecule has 1 aliphatic heterocycles. The number of halogens is 2. The summed E-state index contributed by atoms with van der Waals surface area (Å²) < 4.78 is 2.06. The molecule has 1 saturated heterocycles. The molecule has 0 spiro atoms. The van der Waals surface area contributed by atoms with Crippen LogP contribution in [0, 0.1) is 12.8 Å². The van der Waals surface area contributed by atoms with Crippen molar-refractivity contribution in [2.75, 3.05) is 26.7 Å². The summed E-state index contributed by atoms with van der Waals surface area (Å²) in [5.41, 5.74) is 4.72. The Morgan fingerprint density at radius 1 is 1.23 bits per heavy atom. The number of nitrogens with zero attached hydrogens (tertiary/aromatic N) is 4. The molecule has 3 heterocycles.